The molecule has 0 aromatic heterocycles. The molecule has 0 saturated carbocycles. The Morgan fingerprint density at radius 2 is 1.85 bits per heavy atom. The minimum absolute atomic E-state index is 0.0523. The third kappa shape index (κ3) is 3.64. The van der Waals surface area contributed by atoms with E-state index in [1.807, 2.05) is 0 Å². The Morgan fingerprint density at radius 1 is 1.09 bits per heavy atom. The van der Waals surface area contributed by atoms with Crippen LogP contribution in [0.15, 0.2) is 60.4 Å². The van der Waals surface area contributed by atoms with Crippen molar-refractivity contribution in [2.75, 3.05) is 7.11 Å². The molecule has 34 heavy (non-hydrogen) atoms. The number of fused-ring (bicyclic) bond motifs is 3. The van der Waals surface area contributed by atoms with E-state index in [0.29, 0.717) is 16.7 Å². The van der Waals surface area contributed by atoms with E-state index in [9.17, 15) is 18.8 Å². The van der Waals surface area contributed by atoms with E-state index in [0.717, 1.165) is 0 Å². The normalized spacial score (nSPS) is 17.6. The molecule has 3 aromatic rings. The standard InChI is InChI=1S/C26H16ClFO6/c1-32-26(31)14-7-5-13(6-8-14)11-20-24(30)16-9-10-19-22(25(16)34-20)17(12-21(29)33-19)15-3-2-4-18(27)23(15)28/h2-11,17H,12H2,1H3. The quantitative estimate of drug-likeness (QED) is 0.288. The number of carbonyl (C=O) groups is 3. The van der Waals surface area contributed by atoms with Gasteiger partial charge in [-0.3, -0.25) is 9.59 Å². The number of ether oxygens (including phenoxy) is 3. The number of methoxy groups -OCH3 is 1. The third-order valence-corrected chi connectivity index (χ3v) is 6.06. The molecule has 0 N–H and O–H groups in total. The molecule has 0 amide bonds. The Labute approximate surface area is 198 Å². The maximum Gasteiger partial charge on any atom is 0.337 e. The molecular formula is C26H16ClFO6. The van der Waals surface area contributed by atoms with Gasteiger partial charge in [0.2, 0.25) is 5.78 Å². The zero-order chi connectivity index (χ0) is 24.0. The van der Waals surface area contributed by atoms with Gasteiger partial charge in [0.15, 0.2) is 5.76 Å². The predicted octanol–water partition coefficient (Wildman–Crippen LogP) is 5.32. The molecule has 2 aliphatic rings. The molecule has 5 rings (SSSR count). The van der Waals surface area contributed by atoms with Crippen LogP contribution in [-0.4, -0.2) is 24.8 Å². The Balaban J connectivity index is 1.56. The Hall–Kier alpha value is -3.97. The molecule has 8 heteroatoms. The molecule has 0 bridgehead atoms. The first-order valence-corrected chi connectivity index (χ1v) is 10.7. The van der Waals surface area contributed by atoms with Crippen LogP contribution in [0, 0.1) is 5.82 Å². The van der Waals surface area contributed by atoms with Crippen LogP contribution in [0.2, 0.25) is 5.02 Å². The van der Waals surface area contributed by atoms with Crippen LogP contribution < -0.4 is 9.47 Å². The van der Waals surface area contributed by atoms with Crippen molar-refractivity contribution in [1.29, 1.82) is 0 Å². The number of benzene rings is 3. The summed E-state index contributed by atoms with van der Waals surface area (Å²) in [6.07, 6.45) is 1.41. The molecule has 2 heterocycles. The summed E-state index contributed by atoms with van der Waals surface area (Å²) in [6, 6.07) is 14.0. The van der Waals surface area contributed by atoms with Gasteiger partial charge < -0.3 is 14.2 Å². The first-order valence-electron chi connectivity index (χ1n) is 10.3. The summed E-state index contributed by atoms with van der Waals surface area (Å²) >= 11 is 5.98. The minimum Gasteiger partial charge on any atom is -0.465 e. The smallest absolute Gasteiger partial charge is 0.337 e. The fourth-order valence-electron chi connectivity index (χ4n) is 4.15. The van der Waals surface area contributed by atoms with Crippen molar-refractivity contribution in [3.63, 3.8) is 0 Å². The highest BCUT2D eigenvalue weighted by atomic mass is 35.5. The van der Waals surface area contributed by atoms with Gasteiger partial charge in [0.25, 0.3) is 0 Å². The summed E-state index contributed by atoms with van der Waals surface area (Å²) in [7, 11) is 1.29. The van der Waals surface area contributed by atoms with Crippen molar-refractivity contribution in [2.45, 2.75) is 12.3 Å². The van der Waals surface area contributed by atoms with Gasteiger partial charge in [0.1, 0.15) is 17.3 Å². The van der Waals surface area contributed by atoms with E-state index in [4.69, 9.17) is 21.1 Å². The van der Waals surface area contributed by atoms with Gasteiger partial charge in [-0.2, -0.15) is 0 Å². The van der Waals surface area contributed by atoms with Gasteiger partial charge in [-0.15, -0.1) is 0 Å². The lowest BCUT2D eigenvalue weighted by atomic mass is 9.84. The SMILES string of the molecule is COC(=O)c1ccc(C=C2Oc3c(ccc4c3C(c3cccc(Cl)c3F)CC(=O)O4)C2=O)cc1. The first kappa shape index (κ1) is 21.9. The van der Waals surface area contributed by atoms with E-state index in [2.05, 4.69) is 4.74 Å². The molecule has 0 fully saturated rings. The summed E-state index contributed by atoms with van der Waals surface area (Å²) in [5.74, 6) is -2.27. The van der Waals surface area contributed by atoms with Gasteiger partial charge in [-0.05, 0) is 47.5 Å². The van der Waals surface area contributed by atoms with Crippen molar-refractivity contribution in [3.8, 4) is 11.5 Å². The van der Waals surface area contributed by atoms with Crippen molar-refractivity contribution in [2.24, 2.45) is 0 Å². The number of allylic oxidation sites excluding steroid dienone is 1. The molecule has 0 spiro atoms. The Morgan fingerprint density at radius 3 is 2.59 bits per heavy atom. The van der Waals surface area contributed by atoms with E-state index < -0.39 is 23.7 Å². The fraction of sp³-hybridized carbons (Fsp3) is 0.115. The highest BCUT2D eigenvalue weighted by Crippen LogP contribution is 2.49. The number of halogens is 2. The van der Waals surface area contributed by atoms with Gasteiger partial charge in [-0.25, -0.2) is 9.18 Å². The summed E-state index contributed by atoms with van der Waals surface area (Å²) in [4.78, 5) is 36.9. The number of esters is 2. The molecule has 170 valence electrons. The molecule has 0 radical (unpaired) electrons. The molecule has 0 saturated heterocycles. The van der Waals surface area contributed by atoms with Crippen molar-refractivity contribution in [1.82, 2.24) is 0 Å². The number of carbonyl (C=O) groups excluding carboxylic acids is 3. The zero-order valence-electron chi connectivity index (χ0n) is 17.8. The lowest BCUT2D eigenvalue weighted by Gasteiger charge is -2.26. The Bertz CT molecular complexity index is 1390. The van der Waals surface area contributed by atoms with Crippen LogP contribution in [0.5, 0.6) is 11.5 Å². The average molecular weight is 479 g/mol. The lowest BCUT2D eigenvalue weighted by molar-refractivity contribution is -0.135. The van der Waals surface area contributed by atoms with Crippen LogP contribution in [0.4, 0.5) is 4.39 Å². The van der Waals surface area contributed by atoms with Gasteiger partial charge in [-0.1, -0.05) is 35.9 Å². The van der Waals surface area contributed by atoms with Crippen molar-refractivity contribution >= 4 is 35.4 Å². The van der Waals surface area contributed by atoms with E-state index in [1.165, 1.54) is 25.3 Å². The van der Waals surface area contributed by atoms with E-state index in [-0.39, 0.29) is 45.6 Å². The van der Waals surface area contributed by atoms with Crippen LogP contribution in [0.3, 0.4) is 0 Å². The molecule has 6 nitrogen and oxygen atoms in total. The van der Waals surface area contributed by atoms with Crippen LogP contribution in [0.25, 0.3) is 6.08 Å². The second-order valence-corrected chi connectivity index (χ2v) is 8.19. The lowest BCUT2D eigenvalue weighted by Crippen LogP contribution is -2.22. The van der Waals surface area contributed by atoms with Crippen molar-refractivity contribution in [3.05, 3.63) is 99.0 Å². The first-order chi connectivity index (χ1) is 16.4. The number of Topliss-reactive ketones (excluding diaryl/α,β-unsaturated/α-hetero) is 1. The topological polar surface area (TPSA) is 78.9 Å². The highest BCUT2D eigenvalue weighted by molar-refractivity contribution is 6.30. The fourth-order valence-corrected chi connectivity index (χ4v) is 4.33. The van der Waals surface area contributed by atoms with Crippen molar-refractivity contribution < 1.29 is 33.0 Å². The summed E-state index contributed by atoms with van der Waals surface area (Å²) < 4.78 is 30.9. The molecule has 3 aromatic carbocycles. The molecule has 1 unspecified atom stereocenters. The van der Waals surface area contributed by atoms with Gasteiger partial charge in [0, 0.05) is 11.5 Å². The molecule has 2 aliphatic heterocycles. The molecule has 0 aliphatic carbocycles. The predicted molar refractivity (Wildman–Crippen MR) is 121 cm³/mol. The number of hydrogen-bond acceptors (Lipinski definition) is 6. The third-order valence-electron chi connectivity index (χ3n) is 5.77. The maximum atomic E-state index is 14.9. The minimum atomic E-state index is -0.739. The second kappa shape index (κ2) is 8.43. The highest BCUT2D eigenvalue weighted by Gasteiger charge is 2.39. The second-order valence-electron chi connectivity index (χ2n) is 7.78. The van der Waals surface area contributed by atoms with E-state index in [1.54, 1.807) is 42.5 Å². The van der Waals surface area contributed by atoms with Crippen LogP contribution >= 0.6 is 11.6 Å². The van der Waals surface area contributed by atoms with Crippen LogP contribution in [0.1, 0.15) is 49.7 Å². The van der Waals surface area contributed by atoms with Gasteiger partial charge >= 0.3 is 11.9 Å². The molecule has 1 atom stereocenters. The summed E-state index contributed by atoms with van der Waals surface area (Å²) in [5, 5.41) is -0.0708. The number of rotatable bonds is 3. The van der Waals surface area contributed by atoms with Crippen LogP contribution in [-0.2, 0) is 9.53 Å². The summed E-state index contributed by atoms with van der Waals surface area (Å²) in [5.41, 5.74) is 1.90. The maximum absolute atomic E-state index is 14.9. The van der Waals surface area contributed by atoms with Gasteiger partial charge in [0.05, 0.1) is 29.7 Å². The average Bonchev–Trinajstić information content (AvgIpc) is 3.15. The van der Waals surface area contributed by atoms with E-state index >= 15 is 0 Å². The number of ketones is 1. The summed E-state index contributed by atoms with van der Waals surface area (Å²) in [6.45, 7) is 0. The monoisotopic (exact) mass is 478 g/mol. The molecular weight excluding hydrogens is 463 g/mol. The Kier molecular flexibility index (Phi) is 5.42. The largest absolute Gasteiger partial charge is 0.465 e. The zero-order valence-corrected chi connectivity index (χ0v) is 18.5. The number of hydrogen-bond donors (Lipinski definition) is 0.